The molecule has 3 heteroatoms. The summed E-state index contributed by atoms with van der Waals surface area (Å²) in [7, 11) is 0. The van der Waals surface area contributed by atoms with Crippen molar-refractivity contribution in [2.24, 2.45) is 0 Å². The first-order chi connectivity index (χ1) is 27.3. The van der Waals surface area contributed by atoms with Gasteiger partial charge in [-0.1, -0.05) is 152 Å². The van der Waals surface area contributed by atoms with Crippen LogP contribution >= 0.6 is 0 Å². The van der Waals surface area contributed by atoms with Gasteiger partial charge in [0, 0.05) is 59.9 Å². The van der Waals surface area contributed by atoms with Crippen LogP contribution in [0.3, 0.4) is 0 Å². The number of hydrogen-bond acceptors (Lipinski definition) is 2. The Kier molecular flexibility index (Phi) is 6.34. The predicted octanol–water partition coefficient (Wildman–Crippen LogP) is 13.8. The summed E-state index contributed by atoms with van der Waals surface area (Å²) in [5.41, 5.74) is 11.0. The molecule has 3 nitrogen and oxygen atoms in total. The summed E-state index contributed by atoms with van der Waals surface area (Å²) < 4.78 is 2.39. The third kappa shape index (κ3) is 4.44. The zero-order chi connectivity index (χ0) is 36.0. The highest BCUT2D eigenvalue weighted by Crippen LogP contribution is 2.43. The van der Waals surface area contributed by atoms with E-state index in [9.17, 15) is 0 Å². The maximum absolute atomic E-state index is 5.40. The summed E-state index contributed by atoms with van der Waals surface area (Å²) in [5.74, 6) is 0. The molecular weight excluding hydrogens is 667 g/mol. The summed E-state index contributed by atoms with van der Waals surface area (Å²) in [6.07, 6.45) is 0. The van der Waals surface area contributed by atoms with Gasteiger partial charge in [0.15, 0.2) is 0 Å². The molecule has 254 valence electrons. The Hall–Kier alpha value is -7.36. The number of benzene rings is 9. The lowest BCUT2D eigenvalue weighted by molar-refractivity contribution is 1.18. The number of para-hydroxylation sites is 3. The van der Waals surface area contributed by atoms with E-state index in [1.165, 1.54) is 54.3 Å². The monoisotopic (exact) mass is 697 g/mol. The molecular formula is C52H31N3. The maximum atomic E-state index is 5.40. The van der Waals surface area contributed by atoms with Gasteiger partial charge in [0.25, 0.3) is 0 Å². The number of nitrogens with zero attached hydrogens (tertiary/aromatic N) is 3. The normalized spacial score (nSPS) is 12.0. The number of rotatable bonds is 3. The van der Waals surface area contributed by atoms with E-state index in [1.54, 1.807) is 0 Å². The fraction of sp³-hybridized carbons (Fsp3) is 0. The van der Waals surface area contributed by atoms with Crippen LogP contribution in [0.15, 0.2) is 188 Å². The van der Waals surface area contributed by atoms with Gasteiger partial charge in [-0.2, -0.15) is 0 Å². The molecule has 0 atom stereocenters. The summed E-state index contributed by atoms with van der Waals surface area (Å²) in [6, 6.07) is 67.8. The van der Waals surface area contributed by atoms with Gasteiger partial charge >= 0.3 is 0 Å². The SMILES string of the molecule is c1ccc(-n2c3ccccc3c3cc4c(-c5ccc(-c6c7ccc8ccccc8c7nc7c6ccc6ccccc67)cc5)nc5ccccc5c4cc32)cc1. The first-order valence-corrected chi connectivity index (χ1v) is 18.8. The van der Waals surface area contributed by atoms with Gasteiger partial charge < -0.3 is 4.57 Å². The third-order valence-electron chi connectivity index (χ3n) is 11.5. The van der Waals surface area contributed by atoms with Crippen molar-refractivity contribution >= 4 is 86.8 Å². The Morgan fingerprint density at radius 1 is 0.327 bits per heavy atom. The molecule has 0 unspecified atom stereocenters. The van der Waals surface area contributed by atoms with Crippen LogP contribution in [-0.4, -0.2) is 14.5 Å². The molecule has 0 N–H and O–H groups in total. The molecule has 0 aliphatic rings. The number of aromatic nitrogens is 3. The van der Waals surface area contributed by atoms with E-state index in [0.717, 1.165) is 60.6 Å². The average molecular weight is 698 g/mol. The first kappa shape index (κ1) is 30.1. The van der Waals surface area contributed by atoms with Crippen LogP contribution in [0.4, 0.5) is 0 Å². The minimum atomic E-state index is 0.986. The van der Waals surface area contributed by atoms with E-state index in [0.29, 0.717) is 0 Å². The van der Waals surface area contributed by atoms with Gasteiger partial charge in [-0.05, 0) is 58.1 Å². The highest BCUT2D eigenvalue weighted by Gasteiger charge is 2.19. The molecule has 0 fully saturated rings. The van der Waals surface area contributed by atoms with Crippen molar-refractivity contribution in [2.45, 2.75) is 0 Å². The van der Waals surface area contributed by atoms with Crippen molar-refractivity contribution in [3.63, 3.8) is 0 Å². The minimum absolute atomic E-state index is 0.986. The van der Waals surface area contributed by atoms with E-state index in [4.69, 9.17) is 9.97 Å². The Morgan fingerprint density at radius 3 is 1.62 bits per heavy atom. The Morgan fingerprint density at radius 2 is 0.909 bits per heavy atom. The van der Waals surface area contributed by atoms with Crippen LogP contribution in [0.25, 0.3) is 115 Å². The van der Waals surface area contributed by atoms with Crippen molar-refractivity contribution in [1.29, 1.82) is 0 Å². The van der Waals surface area contributed by atoms with Crippen molar-refractivity contribution in [3.8, 4) is 28.1 Å². The summed E-state index contributed by atoms with van der Waals surface area (Å²) in [6.45, 7) is 0. The maximum Gasteiger partial charge on any atom is 0.0794 e. The van der Waals surface area contributed by atoms with E-state index in [2.05, 4.69) is 193 Å². The van der Waals surface area contributed by atoms with Gasteiger partial charge in [-0.15, -0.1) is 0 Å². The van der Waals surface area contributed by atoms with Crippen LogP contribution in [0, 0.1) is 0 Å². The first-order valence-electron chi connectivity index (χ1n) is 18.8. The Labute approximate surface area is 316 Å². The van der Waals surface area contributed by atoms with Gasteiger partial charge in [-0.25, -0.2) is 9.97 Å². The van der Waals surface area contributed by atoms with Crippen LogP contribution < -0.4 is 0 Å². The average Bonchev–Trinajstić information content (AvgIpc) is 3.58. The Bertz CT molecular complexity index is 3430. The summed E-state index contributed by atoms with van der Waals surface area (Å²) in [5, 5.41) is 13.0. The van der Waals surface area contributed by atoms with Gasteiger partial charge in [0.1, 0.15) is 0 Å². The van der Waals surface area contributed by atoms with Crippen LogP contribution in [-0.2, 0) is 0 Å². The zero-order valence-electron chi connectivity index (χ0n) is 29.7. The fourth-order valence-corrected chi connectivity index (χ4v) is 9.01. The van der Waals surface area contributed by atoms with Gasteiger partial charge in [0.2, 0.25) is 0 Å². The number of hydrogen-bond donors (Lipinski definition) is 0. The highest BCUT2D eigenvalue weighted by atomic mass is 15.0. The second-order valence-corrected chi connectivity index (χ2v) is 14.5. The van der Waals surface area contributed by atoms with E-state index < -0.39 is 0 Å². The molecule has 3 aromatic heterocycles. The van der Waals surface area contributed by atoms with Crippen molar-refractivity contribution in [3.05, 3.63) is 188 Å². The molecule has 0 aliphatic carbocycles. The molecule has 0 spiro atoms. The molecule has 0 saturated heterocycles. The van der Waals surface area contributed by atoms with Crippen molar-refractivity contribution in [2.75, 3.05) is 0 Å². The quantitative estimate of drug-likeness (QED) is 0.136. The molecule has 0 radical (unpaired) electrons. The molecule has 12 rings (SSSR count). The smallest absolute Gasteiger partial charge is 0.0794 e. The molecule has 0 aliphatic heterocycles. The second-order valence-electron chi connectivity index (χ2n) is 14.5. The largest absolute Gasteiger partial charge is 0.309 e. The molecule has 0 amide bonds. The van der Waals surface area contributed by atoms with Crippen LogP contribution in [0.5, 0.6) is 0 Å². The second kappa shape index (κ2) is 11.6. The van der Waals surface area contributed by atoms with Crippen molar-refractivity contribution < 1.29 is 0 Å². The van der Waals surface area contributed by atoms with E-state index >= 15 is 0 Å². The van der Waals surface area contributed by atoms with E-state index in [-0.39, 0.29) is 0 Å². The van der Waals surface area contributed by atoms with Gasteiger partial charge in [-0.3, -0.25) is 0 Å². The summed E-state index contributed by atoms with van der Waals surface area (Å²) in [4.78, 5) is 10.8. The zero-order valence-corrected chi connectivity index (χ0v) is 29.7. The van der Waals surface area contributed by atoms with Crippen LogP contribution in [0.2, 0.25) is 0 Å². The lowest BCUT2D eigenvalue weighted by Crippen LogP contribution is -1.94. The standard InChI is InChI=1S/C52H31N3/c1-2-14-36(15-3-1)55-47-21-11-9-19-40(47)44-30-45-43(31-48(44)55)39-18-8-10-20-46(39)53-50(45)35-24-22-34(23-25-35)49-41-28-26-32-12-4-6-16-37(32)51(41)54-52-38-17-7-5-13-33(38)27-29-42(49)52/h1-31H. The predicted molar refractivity (Wildman–Crippen MR) is 232 cm³/mol. The lowest BCUT2D eigenvalue weighted by Gasteiger charge is -2.16. The topological polar surface area (TPSA) is 30.7 Å². The number of pyridine rings is 2. The molecule has 12 aromatic rings. The fourth-order valence-electron chi connectivity index (χ4n) is 9.01. The minimum Gasteiger partial charge on any atom is -0.309 e. The molecule has 55 heavy (non-hydrogen) atoms. The Balaban J connectivity index is 1.12. The molecule has 9 aromatic carbocycles. The summed E-state index contributed by atoms with van der Waals surface area (Å²) >= 11 is 0. The molecule has 0 bridgehead atoms. The number of fused-ring (bicyclic) bond motifs is 12. The highest BCUT2D eigenvalue weighted by molar-refractivity contribution is 6.22. The van der Waals surface area contributed by atoms with Crippen LogP contribution in [0.1, 0.15) is 0 Å². The third-order valence-corrected chi connectivity index (χ3v) is 11.5. The van der Waals surface area contributed by atoms with Crippen molar-refractivity contribution in [1.82, 2.24) is 14.5 Å². The molecule has 0 saturated carbocycles. The van der Waals surface area contributed by atoms with E-state index in [1.807, 2.05) is 0 Å². The van der Waals surface area contributed by atoms with Gasteiger partial charge in [0.05, 0.1) is 33.3 Å². The molecule has 3 heterocycles. The lowest BCUT2D eigenvalue weighted by atomic mass is 9.91.